The van der Waals surface area contributed by atoms with Crippen molar-refractivity contribution in [2.24, 2.45) is 5.92 Å². The number of rotatable bonds is 24. The number of imidazole rings is 1. The monoisotopic (exact) mass is 583 g/mol. The number of aryl methyl sites for hydroxylation is 1. The molecule has 0 saturated carbocycles. The van der Waals surface area contributed by atoms with Crippen LogP contribution in [0.4, 0.5) is 0 Å². The Hall–Kier alpha value is -3.51. The summed E-state index contributed by atoms with van der Waals surface area (Å²) in [6.45, 7) is 5.17. The fourth-order valence-corrected chi connectivity index (χ4v) is 5.08. The minimum absolute atomic E-state index is 0.136. The van der Waals surface area contributed by atoms with Crippen molar-refractivity contribution in [1.82, 2.24) is 56.1 Å². The highest BCUT2D eigenvalue weighted by molar-refractivity contribution is 5.77. The molecule has 0 fully saturated rings. The van der Waals surface area contributed by atoms with Gasteiger partial charge in [-0.1, -0.05) is 84.0 Å². The number of Topliss-reactive ketones (excluding diaryl/α,β-unsaturated/α-hetero) is 1. The first-order valence-electron chi connectivity index (χ1n) is 15.9. The number of ketones is 1. The Bertz CT molecular complexity index is 1130. The zero-order chi connectivity index (χ0) is 29.8. The van der Waals surface area contributed by atoms with Gasteiger partial charge in [0.15, 0.2) is 0 Å². The third kappa shape index (κ3) is 12.2. The topological polar surface area (TPSA) is 173 Å². The lowest BCUT2D eigenvalue weighted by Crippen LogP contribution is -2.24. The van der Waals surface area contributed by atoms with E-state index in [-0.39, 0.29) is 17.6 Å². The van der Waals surface area contributed by atoms with Gasteiger partial charge in [-0.25, -0.2) is 4.98 Å². The summed E-state index contributed by atoms with van der Waals surface area (Å²) in [6.07, 6.45) is 21.1. The van der Waals surface area contributed by atoms with Gasteiger partial charge >= 0.3 is 0 Å². The number of hydrogen-bond acceptors (Lipinski definition) is 9. The number of carbonyl (C=O) groups excluding carboxylic acids is 2. The first-order valence-corrected chi connectivity index (χ1v) is 15.9. The third-order valence-electron chi connectivity index (χ3n) is 7.83. The van der Waals surface area contributed by atoms with Gasteiger partial charge in [-0.3, -0.25) is 9.59 Å². The normalized spacial score (nSPS) is 12.0. The highest BCUT2D eigenvalue weighted by Gasteiger charge is 2.21. The van der Waals surface area contributed by atoms with Crippen molar-refractivity contribution in [2.45, 2.75) is 130 Å². The van der Waals surface area contributed by atoms with Gasteiger partial charge < -0.3 is 9.88 Å². The Morgan fingerprint density at radius 1 is 0.786 bits per heavy atom. The second kappa shape index (κ2) is 19.6. The molecule has 3 N–H and O–H groups in total. The smallest absolute Gasteiger partial charge is 0.225 e. The van der Waals surface area contributed by atoms with Gasteiger partial charge in [0.1, 0.15) is 17.2 Å². The van der Waals surface area contributed by atoms with Crippen molar-refractivity contribution in [3.63, 3.8) is 0 Å². The number of aromatic amines is 2. The molecule has 0 spiro atoms. The quantitative estimate of drug-likeness (QED) is 0.120. The van der Waals surface area contributed by atoms with Crippen LogP contribution in [-0.4, -0.2) is 69.0 Å². The number of hydrogen-bond donors (Lipinski definition) is 3. The van der Waals surface area contributed by atoms with Crippen molar-refractivity contribution in [2.75, 3.05) is 6.54 Å². The van der Waals surface area contributed by atoms with Crippen molar-refractivity contribution in [1.29, 1.82) is 0 Å². The maximum Gasteiger partial charge on any atom is 0.225 e. The lowest BCUT2D eigenvalue weighted by Gasteiger charge is -2.08. The summed E-state index contributed by atoms with van der Waals surface area (Å²) in [5.74, 6) is 1.43. The van der Waals surface area contributed by atoms with E-state index in [1.54, 1.807) is 13.3 Å². The maximum atomic E-state index is 11.9. The molecule has 3 rings (SSSR count). The number of nitrogens with one attached hydrogen (secondary N) is 3. The highest BCUT2D eigenvalue weighted by Crippen LogP contribution is 2.26. The van der Waals surface area contributed by atoms with Crippen LogP contribution in [0.3, 0.4) is 0 Å². The molecule has 13 heteroatoms. The Balaban J connectivity index is 1.11. The average molecular weight is 584 g/mol. The third-order valence-corrected chi connectivity index (χ3v) is 7.83. The molecule has 0 aliphatic rings. The molecule has 0 saturated heterocycles. The molecule has 3 aromatic heterocycles. The van der Waals surface area contributed by atoms with E-state index in [0.717, 1.165) is 57.3 Å². The number of H-pyrrole nitrogens is 2. The summed E-state index contributed by atoms with van der Waals surface area (Å²) in [5.41, 5.74) is 1.34. The largest absolute Gasteiger partial charge is 0.356 e. The highest BCUT2D eigenvalue weighted by atomic mass is 16.1. The fraction of sp³-hybridized carbons (Fsp3) is 0.759. The molecule has 0 aromatic carbocycles. The Morgan fingerprint density at radius 3 is 1.93 bits per heavy atom. The van der Waals surface area contributed by atoms with E-state index in [2.05, 4.69) is 51.5 Å². The average Bonchev–Trinajstić information content (AvgIpc) is 3.76. The van der Waals surface area contributed by atoms with E-state index in [4.69, 9.17) is 0 Å². The molecule has 0 unspecified atom stereocenters. The Kier molecular flexibility index (Phi) is 15.4. The number of nitrogens with zero attached hydrogens (tertiary/aromatic N) is 8. The molecule has 3 heterocycles. The molecule has 0 radical (unpaired) electrons. The number of tetrazole rings is 2. The molecule has 0 aliphatic carbocycles. The number of carbonyl (C=O) groups is 2. The summed E-state index contributed by atoms with van der Waals surface area (Å²) >= 11 is 0. The molecular weight excluding hydrogens is 534 g/mol. The van der Waals surface area contributed by atoms with Gasteiger partial charge in [-0.2, -0.15) is 10.4 Å². The predicted octanol–water partition coefficient (Wildman–Crippen LogP) is 5.22. The summed E-state index contributed by atoms with van der Waals surface area (Å²) in [7, 11) is 0. The van der Waals surface area contributed by atoms with E-state index in [9.17, 15) is 9.59 Å². The molecule has 1 atom stereocenters. The van der Waals surface area contributed by atoms with Crippen LogP contribution in [0.5, 0.6) is 0 Å². The molecule has 0 aliphatic heterocycles. The first kappa shape index (κ1) is 33.0. The van der Waals surface area contributed by atoms with E-state index in [1.807, 2.05) is 11.5 Å². The SMILES string of the molecule is CC(=O)[C@@H](C)CCCCNC(=O)CCCCCCCCCCCCCCCn1cnc(-c2nn[nH]n2)c1-c1nn[nH]n1. The predicted molar refractivity (Wildman–Crippen MR) is 160 cm³/mol. The molecule has 1 amide bonds. The molecule has 232 valence electrons. The summed E-state index contributed by atoms with van der Waals surface area (Å²) < 4.78 is 2.04. The lowest BCUT2D eigenvalue weighted by atomic mass is 10.0. The minimum atomic E-state index is 0.136. The number of amides is 1. The van der Waals surface area contributed by atoms with Crippen LogP contribution in [0.1, 0.15) is 123 Å². The van der Waals surface area contributed by atoms with E-state index >= 15 is 0 Å². The Morgan fingerprint density at radius 2 is 1.36 bits per heavy atom. The van der Waals surface area contributed by atoms with Crippen molar-refractivity contribution in [3.8, 4) is 23.0 Å². The zero-order valence-corrected chi connectivity index (χ0v) is 25.5. The summed E-state index contributed by atoms with van der Waals surface area (Å²) in [4.78, 5) is 27.6. The van der Waals surface area contributed by atoms with Crippen LogP contribution in [0.25, 0.3) is 23.0 Å². The maximum absolute atomic E-state index is 11.9. The van der Waals surface area contributed by atoms with Gasteiger partial charge in [0.25, 0.3) is 0 Å². The van der Waals surface area contributed by atoms with Gasteiger partial charge in [-0.15, -0.1) is 20.4 Å². The van der Waals surface area contributed by atoms with Crippen molar-refractivity contribution < 1.29 is 9.59 Å². The first-order chi connectivity index (χ1) is 20.6. The minimum Gasteiger partial charge on any atom is -0.356 e. The second-order valence-corrected chi connectivity index (χ2v) is 11.3. The van der Waals surface area contributed by atoms with Gasteiger partial charge in [-0.05, 0) is 43.0 Å². The van der Waals surface area contributed by atoms with E-state index in [1.165, 1.54) is 64.2 Å². The lowest BCUT2D eigenvalue weighted by molar-refractivity contribution is -0.122. The fourth-order valence-electron chi connectivity index (χ4n) is 5.08. The van der Waals surface area contributed by atoms with Crippen LogP contribution in [0, 0.1) is 5.92 Å². The van der Waals surface area contributed by atoms with Crippen LogP contribution >= 0.6 is 0 Å². The molecule has 0 bridgehead atoms. The van der Waals surface area contributed by atoms with E-state index in [0.29, 0.717) is 23.8 Å². The van der Waals surface area contributed by atoms with Crippen LogP contribution in [0.2, 0.25) is 0 Å². The van der Waals surface area contributed by atoms with Crippen molar-refractivity contribution in [3.05, 3.63) is 6.33 Å². The number of unbranched alkanes of at least 4 members (excludes halogenated alkanes) is 13. The van der Waals surface area contributed by atoms with Crippen LogP contribution in [-0.2, 0) is 16.1 Å². The van der Waals surface area contributed by atoms with Crippen LogP contribution in [0.15, 0.2) is 6.33 Å². The molecule has 3 aromatic rings. The van der Waals surface area contributed by atoms with Gasteiger partial charge in [0.2, 0.25) is 17.6 Å². The molecule has 13 nitrogen and oxygen atoms in total. The van der Waals surface area contributed by atoms with E-state index < -0.39 is 0 Å². The standard InChI is InChI=1S/C29H49N11O2/c1-23(24(2)41)18-15-16-20-30-25(42)19-14-12-10-8-6-4-3-5-7-9-11-13-17-21-40-22-31-26(28-32-36-37-33-28)27(40)29-34-38-39-35-29/h22-23H,3-21H2,1-2H3,(H,30,42)(H,32,33,36,37)(H,34,35,38,39)/t23-/m0/s1. The van der Waals surface area contributed by atoms with Gasteiger partial charge in [0.05, 0.1) is 6.33 Å². The zero-order valence-electron chi connectivity index (χ0n) is 25.5. The van der Waals surface area contributed by atoms with Crippen LogP contribution < -0.4 is 5.32 Å². The number of aromatic nitrogens is 10. The Labute approximate surface area is 248 Å². The molecule has 42 heavy (non-hydrogen) atoms. The summed E-state index contributed by atoms with van der Waals surface area (Å²) in [6, 6.07) is 0. The second-order valence-electron chi connectivity index (χ2n) is 11.3. The van der Waals surface area contributed by atoms with Gasteiger partial charge in [0, 0.05) is 25.4 Å². The summed E-state index contributed by atoms with van der Waals surface area (Å²) in [5, 5.41) is 31.6. The molecular formula is C29H49N11O2. The van der Waals surface area contributed by atoms with Crippen molar-refractivity contribution >= 4 is 11.7 Å².